The summed E-state index contributed by atoms with van der Waals surface area (Å²) < 4.78 is 64.6. The Morgan fingerprint density at radius 2 is 2.00 bits per heavy atom. The Morgan fingerprint density at radius 3 is 2.54 bits per heavy atom. The summed E-state index contributed by atoms with van der Waals surface area (Å²) in [5.74, 6) is -0.918. The van der Waals surface area contributed by atoms with Crippen molar-refractivity contribution in [2.24, 2.45) is 5.92 Å². The minimum absolute atomic E-state index is 0.0547. The van der Waals surface area contributed by atoms with Crippen LogP contribution >= 0.6 is 22.9 Å². The van der Waals surface area contributed by atoms with Crippen LogP contribution in [0.2, 0.25) is 5.02 Å². The quantitative estimate of drug-likeness (QED) is 0.766. The molecule has 1 aliphatic heterocycles. The van der Waals surface area contributed by atoms with E-state index in [-0.39, 0.29) is 15.0 Å². The minimum atomic E-state index is -4.53. The van der Waals surface area contributed by atoms with Crippen LogP contribution in [0, 0.1) is 5.92 Å². The number of hydrogen-bond acceptors (Lipinski definition) is 6. The van der Waals surface area contributed by atoms with Crippen molar-refractivity contribution in [3.05, 3.63) is 40.4 Å². The van der Waals surface area contributed by atoms with E-state index in [4.69, 9.17) is 11.6 Å². The van der Waals surface area contributed by atoms with Gasteiger partial charge in [-0.3, -0.25) is 4.79 Å². The molecule has 3 rings (SSSR count). The van der Waals surface area contributed by atoms with E-state index in [2.05, 4.69) is 9.71 Å². The first-order valence-electron chi connectivity index (χ1n) is 8.16. The molecule has 1 fully saturated rings. The van der Waals surface area contributed by atoms with Crippen molar-refractivity contribution in [1.82, 2.24) is 9.71 Å². The van der Waals surface area contributed by atoms with Gasteiger partial charge in [-0.1, -0.05) is 17.7 Å². The van der Waals surface area contributed by atoms with Gasteiger partial charge in [-0.05, 0) is 30.4 Å². The van der Waals surface area contributed by atoms with Crippen LogP contribution in [0.4, 0.5) is 19.0 Å². The second-order valence-corrected chi connectivity index (χ2v) is 9.45. The zero-order valence-corrected chi connectivity index (χ0v) is 16.6. The highest BCUT2D eigenvalue weighted by molar-refractivity contribution is 7.92. The lowest BCUT2D eigenvalue weighted by atomic mass is 9.96. The SMILES string of the molecule is O=C(NS(=O)(=O)c1cccs1)C1CCN(c2ncc(C(F)(F)F)cc2Cl)CC1. The van der Waals surface area contributed by atoms with Gasteiger partial charge in [0.25, 0.3) is 10.0 Å². The molecule has 0 unspecified atom stereocenters. The van der Waals surface area contributed by atoms with Gasteiger partial charge < -0.3 is 4.90 Å². The Balaban J connectivity index is 1.62. The normalized spacial score (nSPS) is 16.2. The van der Waals surface area contributed by atoms with E-state index in [1.165, 1.54) is 6.07 Å². The summed E-state index contributed by atoms with van der Waals surface area (Å²) in [5, 5.41) is 1.47. The molecule has 0 atom stereocenters. The molecule has 28 heavy (non-hydrogen) atoms. The van der Waals surface area contributed by atoms with E-state index in [0.717, 1.165) is 17.4 Å². The fourth-order valence-corrected chi connectivity index (χ4v) is 5.18. The third-order valence-electron chi connectivity index (χ3n) is 4.31. The van der Waals surface area contributed by atoms with E-state index in [9.17, 15) is 26.4 Å². The maximum Gasteiger partial charge on any atom is 0.417 e. The lowest BCUT2D eigenvalue weighted by Crippen LogP contribution is -2.42. The van der Waals surface area contributed by atoms with Gasteiger partial charge in [0, 0.05) is 25.2 Å². The van der Waals surface area contributed by atoms with Crippen molar-refractivity contribution in [3.63, 3.8) is 0 Å². The number of nitrogens with zero attached hydrogens (tertiary/aromatic N) is 2. The molecule has 152 valence electrons. The van der Waals surface area contributed by atoms with Gasteiger partial charge in [-0.15, -0.1) is 11.3 Å². The third-order valence-corrected chi connectivity index (χ3v) is 7.33. The summed E-state index contributed by atoms with van der Waals surface area (Å²) >= 11 is 6.96. The molecule has 2 aromatic rings. The Hall–Kier alpha value is -1.85. The predicted molar refractivity (Wildman–Crippen MR) is 98.8 cm³/mol. The van der Waals surface area contributed by atoms with Crippen molar-refractivity contribution in [3.8, 4) is 0 Å². The molecule has 0 spiro atoms. The number of carbonyl (C=O) groups excluding carboxylic acids is 1. The van der Waals surface area contributed by atoms with E-state index >= 15 is 0 Å². The number of hydrogen-bond donors (Lipinski definition) is 1. The molecule has 0 aliphatic carbocycles. The summed E-state index contributed by atoms with van der Waals surface area (Å²) in [4.78, 5) is 17.8. The van der Waals surface area contributed by atoms with Crippen LogP contribution in [0.5, 0.6) is 0 Å². The number of pyridine rings is 1. The molecule has 1 amide bonds. The van der Waals surface area contributed by atoms with Gasteiger partial charge in [0.05, 0.1) is 10.6 Å². The van der Waals surface area contributed by atoms with E-state index in [0.29, 0.717) is 32.1 Å². The van der Waals surface area contributed by atoms with E-state index in [1.807, 2.05) is 0 Å². The van der Waals surface area contributed by atoms with Gasteiger partial charge in [-0.25, -0.2) is 18.1 Å². The topological polar surface area (TPSA) is 79.4 Å². The van der Waals surface area contributed by atoms with Crippen molar-refractivity contribution in [1.29, 1.82) is 0 Å². The molecule has 12 heteroatoms. The number of sulfonamides is 1. The minimum Gasteiger partial charge on any atom is -0.355 e. The number of nitrogens with one attached hydrogen (secondary N) is 1. The third kappa shape index (κ3) is 4.58. The maximum absolute atomic E-state index is 12.7. The van der Waals surface area contributed by atoms with Crippen molar-refractivity contribution in [2.75, 3.05) is 18.0 Å². The summed E-state index contributed by atoms with van der Waals surface area (Å²) in [6, 6.07) is 3.79. The number of aromatic nitrogens is 1. The van der Waals surface area contributed by atoms with Crippen LogP contribution in [0.15, 0.2) is 34.0 Å². The van der Waals surface area contributed by atoms with Gasteiger partial charge in [0.1, 0.15) is 10.0 Å². The Labute approximate surface area is 168 Å². The second-order valence-electron chi connectivity index (χ2n) is 6.19. The highest BCUT2D eigenvalue weighted by Gasteiger charge is 2.33. The largest absolute Gasteiger partial charge is 0.417 e. The molecule has 0 bridgehead atoms. The molecule has 0 saturated carbocycles. The zero-order chi connectivity index (χ0) is 20.5. The number of rotatable bonds is 4. The standard InChI is InChI=1S/C16H15ClF3N3O3S2/c17-12-8-11(16(18,19)20)9-21-14(12)23-5-3-10(4-6-23)15(24)22-28(25,26)13-2-1-7-27-13/h1-2,7-10H,3-6H2,(H,22,24). The van der Waals surface area contributed by atoms with Gasteiger partial charge in [0.15, 0.2) is 0 Å². The van der Waals surface area contributed by atoms with Gasteiger partial charge in [-0.2, -0.15) is 13.2 Å². The average Bonchev–Trinajstić information content (AvgIpc) is 3.16. The van der Waals surface area contributed by atoms with E-state index in [1.54, 1.807) is 16.3 Å². The van der Waals surface area contributed by atoms with Gasteiger partial charge >= 0.3 is 6.18 Å². The zero-order valence-electron chi connectivity index (χ0n) is 14.2. The summed E-state index contributed by atoms with van der Waals surface area (Å²) in [6.45, 7) is 0.629. The highest BCUT2D eigenvalue weighted by atomic mass is 35.5. The Bertz CT molecular complexity index is 957. The second kappa shape index (κ2) is 7.88. The summed E-state index contributed by atoms with van der Waals surface area (Å²) in [5.41, 5.74) is -0.936. The monoisotopic (exact) mass is 453 g/mol. The Kier molecular flexibility index (Phi) is 5.87. The van der Waals surface area contributed by atoms with Crippen molar-refractivity contribution < 1.29 is 26.4 Å². The molecular formula is C16H15ClF3N3O3S2. The summed E-state index contributed by atoms with van der Waals surface area (Å²) in [6.07, 6.45) is -3.17. The highest BCUT2D eigenvalue weighted by Crippen LogP contribution is 2.34. The number of anilines is 1. The molecule has 2 aromatic heterocycles. The molecule has 1 N–H and O–H groups in total. The molecular weight excluding hydrogens is 439 g/mol. The smallest absolute Gasteiger partial charge is 0.355 e. The predicted octanol–water partition coefficient (Wildman–Crippen LogP) is 3.54. The maximum atomic E-state index is 12.7. The Morgan fingerprint density at radius 1 is 1.32 bits per heavy atom. The number of amides is 1. The number of carbonyl (C=O) groups is 1. The lowest BCUT2D eigenvalue weighted by molar-refractivity contribution is -0.137. The van der Waals surface area contributed by atoms with Crippen molar-refractivity contribution in [2.45, 2.75) is 23.2 Å². The van der Waals surface area contributed by atoms with Crippen molar-refractivity contribution >= 4 is 44.7 Å². The van der Waals surface area contributed by atoms with Crippen LogP contribution in [0.1, 0.15) is 18.4 Å². The number of alkyl halides is 3. The molecule has 1 saturated heterocycles. The van der Waals surface area contributed by atoms with Gasteiger partial charge in [0.2, 0.25) is 5.91 Å². The van der Waals surface area contributed by atoms with Crippen LogP contribution < -0.4 is 9.62 Å². The van der Waals surface area contributed by atoms with Crippen LogP contribution in [0.25, 0.3) is 0 Å². The first-order chi connectivity index (χ1) is 13.1. The number of halogens is 4. The number of piperidine rings is 1. The first kappa shape index (κ1) is 20.9. The molecule has 1 aliphatic rings. The average molecular weight is 454 g/mol. The van der Waals surface area contributed by atoms with Crippen LogP contribution in [-0.4, -0.2) is 32.4 Å². The first-order valence-corrected chi connectivity index (χ1v) is 10.9. The fraction of sp³-hybridized carbons (Fsp3) is 0.375. The lowest BCUT2D eigenvalue weighted by Gasteiger charge is -2.32. The molecule has 0 radical (unpaired) electrons. The molecule has 3 heterocycles. The molecule has 0 aromatic carbocycles. The van der Waals surface area contributed by atoms with E-state index < -0.39 is 33.6 Å². The van der Waals surface area contributed by atoms with Crippen LogP contribution in [-0.2, 0) is 21.0 Å². The number of thiophene rings is 1. The summed E-state index contributed by atoms with van der Waals surface area (Å²) in [7, 11) is -3.89. The molecule has 6 nitrogen and oxygen atoms in total. The van der Waals surface area contributed by atoms with Crippen LogP contribution in [0.3, 0.4) is 0 Å². The fourth-order valence-electron chi connectivity index (χ4n) is 2.85.